The maximum Gasteiger partial charge on any atom is 0.257 e. The number of hydrogen-bond donors (Lipinski definition) is 4. The molecular formula is C51H63N6O6+. The van der Waals surface area contributed by atoms with Crippen molar-refractivity contribution in [3.8, 4) is 5.75 Å². The Morgan fingerprint density at radius 3 is 2.19 bits per heavy atom. The fourth-order valence-corrected chi connectivity index (χ4v) is 8.81. The Balaban J connectivity index is 0.000000743. The van der Waals surface area contributed by atoms with Crippen molar-refractivity contribution in [3.63, 3.8) is 0 Å². The van der Waals surface area contributed by atoms with Crippen LogP contribution in [0.3, 0.4) is 0 Å². The number of para-hydroxylation sites is 2. The molecular weight excluding hydrogens is 793 g/mol. The fourth-order valence-electron chi connectivity index (χ4n) is 8.81. The number of benzene rings is 3. The molecule has 0 bridgehead atoms. The number of rotatable bonds is 17. The van der Waals surface area contributed by atoms with E-state index in [2.05, 4.69) is 144 Å². The number of ether oxygens (including phenoxy) is 1. The summed E-state index contributed by atoms with van der Waals surface area (Å²) < 4.78 is 7.96. The molecule has 5 amide bonds. The molecule has 4 N–H and O–H groups in total. The quantitative estimate of drug-likeness (QED) is 0.0486. The predicted octanol–water partition coefficient (Wildman–Crippen LogP) is 7.20. The van der Waals surface area contributed by atoms with Gasteiger partial charge in [-0.05, 0) is 75.8 Å². The van der Waals surface area contributed by atoms with Gasteiger partial charge in [-0.2, -0.15) is 4.58 Å². The van der Waals surface area contributed by atoms with Gasteiger partial charge in [0.25, 0.3) is 11.8 Å². The smallest absolute Gasteiger partial charge is 0.257 e. The molecule has 0 atom stereocenters. The third-order valence-electron chi connectivity index (χ3n) is 12.3. The summed E-state index contributed by atoms with van der Waals surface area (Å²) in [6.45, 7) is 11.5. The number of nitrogens with zero attached hydrogens (tertiary/aromatic N) is 2. The molecule has 7 rings (SSSR count). The summed E-state index contributed by atoms with van der Waals surface area (Å²) in [5.41, 5.74) is 9.01. The Hall–Kier alpha value is -6.30. The number of fused-ring (bicyclic) bond motifs is 3. The van der Waals surface area contributed by atoms with Gasteiger partial charge in [0.15, 0.2) is 12.3 Å². The lowest BCUT2D eigenvalue weighted by Crippen LogP contribution is -2.33. The minimum absolute atomic E-state index is 0.0496. The molecule has 332 valence electrons. The number of allylic oxidation sites excluding steroid dienone is 6. The standard InChI is InChI=1S/C46H55N5O4.C5H7NO2/c1-45(2)35-20-11-13-22-37(35)50(5)40(45)25-8-6-9-26-41-46(3,4)36-21-12-14-23-38(36)51(41)30-17-7-10-27-42(52)47-28-15-16-29-48-43(53)32-55-39-24-18-19-33-34(39)31-49-44(33)54;7-4-2-1-3-5(8)6-4/h6,8-9,11-14,18-26H,7,10,15-17,27-32H2,1-5H3,(H2-,47,48,49,52,53,54);1-3H2,(H,6,7,8)/p+1. The van der Waals surface area contributed by atoms with E-state index in [0.29, 0.717) is 56.6 Å². The number of imide groups is 1. The highest BCUT2D eigenvalue weighted by molar-refractivity contribution is 6.03. The normalized spacial score (nSPS) is 17.6. The van der Waals surface area contributed by atoms with Gasteiger partial charge >= 0.3 is 0 Å². The van der Waals surface area contributed by atoms with Gasteiger partial charge in [0, 0.05) is 91.1 Å². The van der Waals surface area contributed by atoms with Crippen LogP contribution in [0.4, 0.5) is 11.4 Å². The number of carbonyl (C=O) groups is 5. The average molecular weight is 856 g/mol. The van der Waals surface area contributed by atoms with E-state index in [1.807, 2.05) is 0 Å². The van der Waals surface area contributed by atoms with Gasteiger partial charge < -0.3 is 25.6 Å². The number of anilines is 1. The van der Waals surface area contributed by atoms with Crippen molar-refractivity contribution in [1.29, 1.82) is 0 Å². The van der Waals surface area contributed by atoms with Crippen LogP contribution in [0.15, 0.2) is 103 Å². The Labute approximate surface area is 371 Å². The molecule has 0 radical (unpaired) electrons. The molecule has 1 fully saturated rings. The summed E-state index contributed by atoms with van der Waals surface area (Å²) in [4.78, 5) is 59.8. The van der Waals surface area contributed by atoms with Gasteiger partial charge in [-0.3, -0.25) is 29.3 Å². The van der Waals surface area contributed by atoms with Gasteiger partial charge in [-0.1, -0.05) is 81.0 Å². The number of nitrogens with one attached hydrogen (secondary N) is 4. The van der Waals surface area contributed by atoms with E-state index in [0.717, 1.165) is 44.2 Å². The number of unbranched alkanes of at least 4 members (excludes halogenated alkanes) is 3. The van der Waals surface area contributed by atoms with E-state index in [1.54, 1.807) is 18.2 Å². The van der Waals surface area contributed by atoms with Gasteiger partial charge in [0.05, 0.1) is 5.41 Å². The monoisotopic (exact) mass is 855 g/mol. The van der Waals surface area contributed by atoms with E-state index in [4.69, 9.17) is 4.74 Å². The lowest BCUT2D eigenvalue weighted by Gasteiger charge is -2.27. The van der Waals surface area contributed by atoms with E-state index in [1.165, 1.54) is 33.9 Å². The molecule has 3 aromatic carbocycles. The minimum atomic E-state index is -0.214. The van der Waals surface area contributed by atoms with Crippen molar-refractivity contribution in [2.24, 2.45) is 0 Å². The van der Waals surface area contributed by atoms with Crippen LogP contribution in [0.1, 0.15) is 113 Å². The highest BCUT2D eigenvalue weighted by Gasteiger charge is 2.42. The summed E-state index contributed by atoms with van der Waals surface area (Å²) in [6.07, 6.45) is 17.5. The van der Waals surface area contributed by atoms with E-state index in [-0.39, 0.29) is 47.0 Å². The molecule has 63 heavy (non-hydrogen) atoms. The number of amides is 5. The molecule has 0 aliphatic carbocycles. The van der Waals surface area contributed by atoms with Crippen LogP contribution in [-0.2, 0) is 36.6 Å². The van der Waals surface area contributed by atoms with Gasteiger partial charge in [0.1, 0.15) is 12.8 Å². The van der Waals surface area contributed by atoms with Crippen molar-refractivity contribution < 1.29 is 33.3 Å². The molecule has 12 heteroatoms. The second-order valence-corrected chi connectivity index (χ2v) is 17.5. The summed E-state index contributed by atoms with van der Waals surface area (Å²) in [5.74, 6) is 0.0121. The van der Waals surface area contributed by atoms with E-state index < -0.39 is 0 Å². The zero-order valence-corrected chi connectivity index (χ0v) is 37.5. The van der Waals surface area contributed by atoms with Crippen LogP contribution in [-0.4, -0.2) is 73.1 Å². The maximum atomic E-state index is 12.5. The first kappa shape index (κ1) is 46.2. The first-order valence-corrected chi connectivity index (χ1v) is 22.3. The van der Waals surface area contributed by atoms with E-state index >= 15 is 0 Å². The Morgan fingerprint density at radius 2 is 1.48 bits per heavy atom. The van der Waals surface area contributed by atoms with Gasteiger partial charge in [-0.15, -0.1) is 0 Å². The van der Waals surface area contributed by atoms with Crippen molar-refractivity contribution in [1.82, 2.24) is 21.3 Å². The molecule has 0 spiro atoms. The maximum absolute atomic E-state index is 12.5. The zero-order valence-electron chi connectivity index (χ0n) is 37.5. The summed E-state index contributed by atoms with van der Waals surface area (Å²) >= 11 is 0. The van der Waals surface area contributed by atoms with Crippen LogP contribution in [0.2, 0.25) is 0 Å². The highest BCUT2D eigenvalue weighted by Crippen LogP contribution is 2.47. The molecule has 12 nitrogen and oxygen atoms in total. The first-order valence-electron chi connectivity index (χ1n) is 22.3. The Kier molecular flexibility index (Phi) is 15.5. The predicted molar refractivity (Wildman–Crippen MR) is 247 cm³/mol. The second kappa shape index (κ2) is 21.2. The molecule has 0 unspecified atom stereocenters. The van der Waals surface area contributed by atoms with Gasteiger partial charge in [0.2, 0.25) is 23.4 Å². The SMILES string of the molecule is C[N+]1=C(/C=C/C=C/C=C2\N(CCCCCC(=O)NCCCCNC(=O)COc3cccc4c3CNC4=O)c3ccccc3C2(C)C)C(C)(C)c2ccccc21.O=C1CCCC(=O)N1. The molecule has 4 aliphatic heterocycles. The molecule has 0 saturated carbocycles. The van der Waals surface area contributed by atoms with Crippen LogP contribution in [0.5, 0.6) is 5.75 Å². The Bertz CT molecular complexity index is 2310. The van der Waals surface area contributed by atoms with Gasteiger partial charge in [-0.25, -0.2) is 0 Å². The van der Waals surface area contributed by atoms with Crippen molar-refractivity contribution in [2.45, 2.75) is 103 Å². The topological polar surface area (TPSA) is 149 Å². The highest BCUT2D eigenvalue weighted by atomic mass is 16.5. The Morgan fingerprint density at radius 1 is 0.778 bits per heavy atom. The molecule has 1 saturated heterocycles. The molecule has 0 aromatic heterocycles. The molecule has 4 aliphatic rings. The molecule has 3 aromatic rings. The third kappa shape index (κ3) is 11.4. The number of hydrogen-bond acceptors (Lipinski definition) is 7. The summed E-state index contributed by atoms with van der Waals surface area (Å²) in [6, 6.07) is 22.6. The van der Waals surface area contributed by atoms with Crippen molar-refractivity contribution >= 4 is 46.6 Å². The van der Waals surface area contributed by atoms with Crippen molar-refractivity contribution in [2.75, 3.05) is 38.2 Å². The van der Waals surface area contributed by atoms with E-state index in [9.17, 15) is 24.0 Å². The largest absolute Gasteiger partial charge is 0.483 e. The third-order valence-corrected chi connectivity index (χ3v) is 12.3. The number of carbonyl (C=O) groups excluding carboxylic acids is 5. The van der Waals surface area contributed by atoms with Crippen molar-refractivity contribution in [3.05, 3.63) is 125 Å². The van der Waals surface area contributed by atoms with Crippen LogP contribution >= 0.6 is 0 Å². The summed E-state index contributed by atoms with van der Waals surface area (Å²) in [7, 11) is 2.15. The fraction of sp³-hybridized carbons (Fsp3) is 0.412. The zero-order chi connectivity index (χ0) is 45.0. The summed E-state index contributed by atoms with van der Waals surface area (Å²) in [5, 5.41) is 10.9. The minimum Gasteiger partial charge on any atom is -0.483 e. The first-order chi connectivity index (χ1) is 30.3. The molecule has 4 heterocycles. The average Bonchev–Trinajstić information content (AvgIpc) is 3.82. The second-order valence-electron chi connectivity index (χ2n) is 17.5. The number of piperidine rings is 1. The van der Waals surface area contributed by atoms with Crippen LogP contribution < -0.4 is 30.9 Å². The van der Waals surface area contributed by atoms with Crippen LogP contribution in [0, 0.1) is 0 Å². The lowest BCUT2D eigenvalue weighted by molar-refractivity contribution is -0.401. The van der Waals surface area contributed by atoms with Crippen LogP contribution in [0.25, 0.3) is 0 Å². The lowest BCUT2D eigenvalue weighted by atomic mass is 9.81.